The fourth-order valence-electron chi connectivity index (χ4n) is 2.42. The SMILES string of the molecule is Cc1cc(NC2CCc3sc(Cl)cc32)ccc1Br. The number of hydrogen-bond donors (Lipinski definition) is 1. The largest absolute Gasteiger partial charge is 0.378 e. The Balaban J connectivity index is 1.83. The number of fused-ring (bicyclic) bond motifs is 1. The molecule has 1 unspecified atom stereocenters. The van der Waals surface area contributed by atoms with Gasteiger partial charge in [0.1, 0.15) is 0 Å². The number of thiophene rings is 1. The van der Waals surface area contributed by atoms with Crippen LogP contribution >= 0.6 is 38.9 Å². The number of rotatable bonds is 2. The second-order valence-electron chi connectivity index (χ2n) is 4.63. The van der Waals surface area contributed by atoms with Crippen molar-refractivity contribution in [2.75, 3.05) is 5.32 Å². The van der Waals surface area contributed by atoms with E-state index < -0.39 is 0 Å². The number of hydrogen-bond acceptors (Lipinski definition) is 2. The second kappa shape index (κ2) is 4.87. The molecule has 1 atom stereocenters. The topological polar surface area (TPSA) is 12.0 Å². The summed E-state index contributed by atoms with van der Waals surface area (Å²) < 4.78 is 2.05. The standard InChI is InChI=1S/C14H13BrClNS/c1-8-6-9(2-3-11(8)15)17-12-4-5-13-10(12)7-14(16)18-13/h2-3,6-7,12,17H,4-5H2,1H3. The van der Waals surface area contributed by atoms with E-state index in [2.05, 4.69) is 52.4 Å². The van der Waals surface area contributed by atoms with E-state index in [4.69, 9.17) is 11.6 Å². The Kier molecular flexibility index (Phi) is 3.39. The Morgan fingerprint density at radius 2 is 2.22 bits per heavy atom. The summed E-state index contributed by atoms with van der Waals surface area (Å²) in [6.45, 7) is 2.11. The van der Waals surface area contributed by atoms with Gasteiger partial charge in [-0.3, -0.25) is 0 Å². The van der Waals surface area contributed by atoms with E-state index >= 15 is 0 Å². The monoisotopic (exact) mass is 341 g/mol. The molecule has 94 valence electrons. The van der Waals surface area contributed by atoms with Crippen LogP contribution in [0.2, 0.25) is 4.34 Å². The van der Waals surface area contributed by atoms with Gasteiger partial charge in [0, 0.05) is 15.0 Å². The van der Waals surface area contributed by atoms with Crippen LogP contribution in [0.15, 0.2) is 28.7 Å². The summed E-state index contributed by atoms with van der Waals surface area (Å²) >= 11 is 11.3. The molecule has 0 bridgehead atoms. The van der Waals surface area contributed by atoms with Crippen LogP contribution in [-0.4, -0.2) is 0 Å². The molecule has 0 radical (unpaired) electrons. The maximum absolute atomic E-state index is 6.08. The van der Waals surface area contributed by atoms with Gasteiger partial charge in [0.15, 0.2) is 0 Å². The van der Waals surface area contributed by atoms with Crippen LogP contribution < -0.4 is 5.32 Å². The van der Waals surface area contributed by atoms with Gasteiger partial charge >= 0.3 is 0 Å². The molecule has 1 heterocycles. The van der Waals surface area contributed by atoms with Crippen molar-refractivity contribution in [1.29, 1.82) is 0 Å². The molecule has 1 aliphatic carbocycles. The van der Waals surface area contributed by atoms with Crippen LogP contribution in [0.1, 0.15) is 28.5 Å². The van der Waals surface area contributed by atoms with Crippen molar-refractivity contribution < 1.29 is 0 Å². The van der Waals surface area contributed by atoms with Crippen LogP contribution in [0, 0.1) is 6.92 Å². The number of nitrogens with one attached hydrogen (secondary N) is 1. The fraction of sp³-hybridized carbons (Fsp3) is 0.286. The van der Waals surface area contributed by atoms with E-state index in [-0.39, 0.29) is 0 Å². The van der Waals surface area contributed by atoms with E-state index in [1.165, 1.54) is 21.7 Å². The van der Waals surface area contributed by atoms with E-state index in [1.807, 2.05) is 0 Å². The molecular formula is C14H13BrClNS. The number of anilines is 1. The molecule has 1 aromatic heterocycles. The first kappa shape index (κ1) is 12.5. The lowest BCUT2D eigenvalue weighted by molar-refractivity contribution is 0.762. The summed E-state index contributed by atoms with van der Waals surface area (Å²) in [7, 11) is 0. The van der Waals surface area contributed by atoms with Gasteiger partial charge < -0.3 is 5.32 Å². The minimum absolute atomic E-state index is 0.407. The molecule has 18 heavy (non-hydrogen) atoms. The lowest BCUT2D eigenvalue weighted by Gasteiger charge is -2.15. The highest BCUT2D eigenvalue weighted by molar-refractivity contribution is 9.10. The summed E-state index contributed by atoms with van der Waals surface area (Å²) in [5, 5.41) is 3.61. The molecule has 2 aromatic rings. The highest BCUT2D eigenvalue weighted by Crippen LogP contribution is 2.41. The Morgan fingerprint density at radius 3 is 3.00 bits per heavy atom. The number of aryl methyl sites for hydroxylation is 2. The first-order valence-electron chi connectivity index (χ1n) is 5.94. The maximum atomic E-state index is 6.08. The van der Waals surface area contributed by atoms with Crippen LogP contribution in [0.3, 0.4) is 0 Å². The molecule has 0 amide bonds. The first-order chi connectivity index (χ1) is 8.63. The zero-order valence-electron chi connectivity index (χ0n) is 9.97. The molecule has 1 aromatic carbocycles. The third-order valence-electron chi connectivity index (χ3n) is 3.35. The summed E-state index contributed by atoms with van der Waals surface area (Å²) in [6, 6.07) is 8.90. The summed E-state index contributed by atoms with van der Waals surface area (Å²) in [4.78, 5) is 1.44. The van der Waals surface area contributed by atoms with E-state index in [9.17, 15) is 0 Å². The van der Waals surface area contributed by atoms with Crippen LogP contribution in [-0.2, 0) is 6.42 Å². The van der Waals surface area contributed by atoms with Crippen LogP contribution in [0.5, 0.6) is 0 Å². The smallest absolute Gasteiger partial charge is 0.0934 e. The Bertz CT molecular complexity index is 593. The molecule has 0 spiro atoms. The molecule has 1 N–H and O–H groups in total. The predicted octanol–water partition coefficient (Wildman–Crippen LogP) is 5.57. The average Bonchev–Trinajstić information content (AvgIpc) is 2.85. The molecule has 0 saturated carbocycles. The molecule has 0 fully saturated rings. The minimum Gasteiger partial charge on any atom is -0.378 e. The molecular weight excluding hydrogens is 330 g/mol. The molecule has 0 aliphatic heterocycles. The molecule has 1 aliphatic rings. The van der Waals surface area contributed by atoms with Crippen molar-refractivity contribution in [3.8, 4) is 0 Å². The van der Waals surface area contributed by atoms with Crippen molar-refractivity contribution in [2.24, 2.45) is 0 Å². The van der Waals surface area contributed by atoms with Gasteiger partial charge in [-0.15, -0.1) is 11.3 Å². The second-order valence-corrected chi connectivity index (χ2v) is 7.25. The highest BCUT2D eigenvalue weighted by Gasteiger charge is 2.24. The zero-order valence-corrected chi connectivity index (χ0v) is 13.1. The van der Waals surface area contributed by atoms with E-state index in [1.54, 1.807) is 11.3 Å². The highest BCUT2D eigenvalue weighted by atomic mass is 79.9. The van der Waals surface area contributed by atoms with Gasteiger partial charge in [0.25, 0.3) is 0 Å². The van der Waals surface area contributed by atoms with Crippen LogP contribution in [0.4, 0.5) is 5.69 Å². The van der Waals surface area contributed by atoms with Crippen molar-refractivity contribution in [3.63, 3.8) is 0 Å². The summed E-state index contributed by atoms with van der Waals surface area (Å²) in [5.41, 5.74) is 3.81. The van der Waals surface area contributed by atoms with E-state index in [0.717, 1.165) is 21.7 Å². The third-order valence-corrected chi connectivity index (χ3v) is 5.58. The van der Waals surface area contributed by atoms with Gasteiger partial charge in [-0.05, 0) is 55.2 Å². The minimum atomic E-state index is 0.407. The summed E-state index contributed by atoms with van der Waals surface area (Å²) in [5.74, 6) is 0. The number of halogens is 2. The predicted molar refractivity (Wildman–Crippen MR) is 82.9 cm³/mol. The van der Waals surface area contributed by atoms with Crippen LogP contribution in [0.25, 0.3) is 0 Å². The first-order valence-corrected chi connectivity index (χ1v) is 7.93. The van der Waals surface area contributed by atoms with E-state index in [0.29, 0.717) is 6.04 Å². The normalized spacial score (nSPS) is 17.8. The molecule has 0 saturated heterocycles. The molecule has 1 nitrogen and oxygen atoms in total. The lowest BCUT2D eigenvalue weighted by Crippen LogP contribution is -2.06. The quantitative estimate of drug-likeness (QED) is 0.752. The summed E-state index contributed by atoms with van der Waals surface area (Å²) in [6.07, 6.45) is 2.30. The van der Waals surface area contributed by atoms with Gasteiger partial charge in [-0.25, -0.2) is 0 Å². The molecule has 3 rings (SSSR count). The van der Waals surface area contributed by atoms with Crippen molar-refractivity contribution in [2.45, 2.75) is 25.8 Å². The van der Waals surface area contributed by atoms with Gasteiger partial charge in [-0.2, -0.15) is 0 Å². The van der Waals surface area contributed by atoms with Gasteiger partial charge in [-0.1, -0.05) is 27.5 Å². The Morgan fingerprint density at radius 1 is 1.39 bits per heavy atom. The number of benzene rings is 1. The third kappa shape index (κ3) is 2.31. The average molecular weight is 343 g/mol. The maximum Gasteiger partial charge on any atom is 0.0934 e. The molecule has 4 heteroatoms. The zero-order chi connectivity index (χ0) is 12.7. The lowest BCUT2D eigenvalue weighted by atomic mass is 10.1. The van der Waals surface area contributed by atoms with Gasteiger partial charge in [0.05, 0.1) is 10.4 Å². The van der Waals surface area contributed by atoms with Crippen molar-refractivity contribution >= 4 is 44.6 Å². The Hall–Kier alpha value is -0.510. The Labute approximate surface area is 124 Å². The van der Waals surface area contributed by atoms with Crippen molar-refractivity contribution in [3.05, 3.63) is 49.1 Å². The fourth-order valence-corrected chi connectivity index (χ4v) is 4.02. The van der Waals surface area contributed by atoms with Gasteiger partial charge in [0.2, 0.25) is 0 Å². The van der Waals surface area contributed by atoms with Crippen molar-refractivity contribution in [1.82, 2.24) is 0 Å².